The molecule has 4 aromatic carbocycles. The van der Waals surface area contributed by atoms with Crippen LogP contribution in [0.4, 0.5) is 70.2 Å². The summed E-state index contributed by atoms with van der Waals surface area (Å²) in [6, 6.07) is 17.5. The van der Waals surface area contributed by atoms with Crippen molar-refractivity contribution in [2.75, 3.05) is 39.6 Å². The fraction of sp³-hybridized carbons (Fsp3) is 0.333. The van der Waals surface area contributed by atoms with Crippen molar-refractivity contribution >= 4 is 23.8 Å². The second-order valence-electron chi connectivity index (χ2n) is 23.5. The number of carbonyl (C=O) groups is 4. The Morgan fingerprint density at radius 3 is 0.787 bits per heavy atom. The minimum atomic E-state index is -2.94. The predicted molar refractivity (Wildman–Crippen MR) is 346 cm³/mol. The second-order valence-corrected chi connectivity index (χ2v) is 23.5. The Balaban J connectivity index is 0.000000166. The van der Waals surface area contributed by atoms with Crippen molar-refractivity contribution in [2.45, 2.75) is 116 Å². The molecule has 0 aliphatic carbocycles. The zero-order valence-corrected chi connectivity index (χ0v) is 56.5. The number of rotatable bonds is 22. The molecule has 4 aliphatic rings. The molecule has 0 saturated carbocycles. The van der Waals surface area contributed by atoms with E-state index >= 15 is 0 Å². The van der Waals surface area contributed by atoms with Crippen molar-refractivity contribution in [1.82, 2.24) is 19.9 Å². The zero-order chi connectivity index (χ0) is 78.2. The van der Waals surface area contributed by atoms with Gasteiger partial charge in [0.2, 0.25) is 23.5 Å². The third kappa shape index (κ3) is 21.3. The summed E-state index contributed by atoms with van der Waals surface area (Å²) in [5.41, 5.74) is 13.3. The van der Waals surface area contributed by atoms with Crippen molar-refractivity contribution < 1.29 is 137 Å². The van der Waals surface area contributed by atoms with Crippen LogP contribution in [0.25, 0.3) is 44.5 Å². The van der Waals surface area contributed by atoms with E-state index in [4.69, 9.17) is 39.9 Å². The maximum absolute atomic E-state index is 14.4. The van der Waals surface area contributed by atoms with Crippen molar-refractivity contribution in [3.8, 4) is 68.0 Å². The summed E-state index contributed by atoms with van der Waals surface area (Å²) in [5, 5.41) is 0. The number of aromatic nitrogens is 4. The molecule has 0 radical (unpaired) electrons. The van der Waals surface area contributed by atoms with Gasteiger partial charge in [-0.15, -0.1) is 0 Å². The highest BCUT2D eigenvalue weighted by Crippen LogP contribution is 2.42. The highest BCUT2D eigenvalue weighted by Gasteiger charge is 2.34. The number of fused-ring (bicyclic) bond motifs is 4. The summed E-state index contributed by atoms with van der Waals surface area (Å²) in [6.07, 6.45) is -0.170. The monoisotopic (exact) mass is 1540 g/mol. The van der Waals surface area contributed by atoms with Gasteiger partial charge in [-0.1, -0.05) is 0 Å². The molecule has 4 atom stereocenters. The predicted octanol–water partition coefficient (Wildman–Crippen LogP) is 14.4. The zero-order valence-electron chi connectivity index (χ0n) is 56.5. The molecule has 4 aliphatic heterocycles. The third-order valence-electron chi connectivity index (χ3n) is 16.3. The summed E-state index contributed by atoms with van der Waals surface area (Å²) in [5.74, 6) is -9.46. The van der Waals surface area contributed by atoms with Gasteiger partial charge in [-0.2, -0.15) is 35.1 Å². The number of nitrogens with zero attached hydrogens (tertiary/aromatic N) is 4. The fourth-order valence-corrected chi connectivity index (χ4v) is 11.5. The van der Waals surface area contributed by atoms with Gasteiger partial charge in [-0.3, -0.25) is 9.59 Å². The second kappa shape index (κ2) is 37.2. The fourth-order valence-electron chi connectivity index (χ4n) is 11.5. The molecule has 12 rings (SSSR count). The quantitative estimate of drug-likeness (QED) is 0.0472. The summed E-state index contributed by atoms with van der Waals surface area (Å²) < 4.78 is 257. The first-order valence-electron chi connectivity index (χ1n) is 32.6. The highest BCUT2D eigenvalue weighted by molar-refractivity contribution is 5.94. The van der Waals surface area contributed by atoms with Crippen molar-refractivity contribution in [3.63, 3.8) is 0 Å². The average Bonchev–Trinajstić information content (AvgIpc) is 0.796. The van der Waals surface area contributed by atoms with Gasteiger partial charge in [0.25, 0.3) is 11.8 Å². The summed E-state index contributed by atoms with van der Waals surface area (Å²) in [7, 11) is 0. The molecule has 8 aromatic rings. The van der Waals surface area contributed by atoms with Crippen LogP contribution in [0.1, 0.15) is 104 Å². The lowest BCUT2D eigenvalue weighted by Gasteiger charge is -2.27. The highest BCUT2D eigenvalue weighted by atomic mass is 19.3. The third-order valence-corrected chi connectivity index (χ3v) is 16.3. The lowest BCUT2D eigenvalue weighted by Crippen LogP contribution is -2.30. The van der Waals surface area contributed by atoms with Gasteiger partial charge >= 0.3 is 38.4 Å². The number of carbonyl (C=O) groups excluding carboxylic acids is 4. The van der Waals surface area contributed by atoms with E-state index in [1.54, 1.807) is 13.8 Å². The molecule has 0 bridgehead atoms. The van der Waals surface area contributed by atoms with E-state index in [9.17, 15) is 89.4 Å². The van der Waals surface area contributed by atoms with Crippen LogP contribution in [0, 0.1) is 46.5 Å². The maximum atomic E-state index is 14.4. The van der Waals surface area contributed by atoms with E-state index in [1.807, 2.05) is 0 Å². The van der Waals surface area contributed by atoms with Crippen LogP contribution in [0.3, 0.4) is 0 Å². The van der Waals surface area contributed by atoms with E-state index in [1.165, 1.54) is 48.5 Å². The van der Waals surface area contributed by atoms with Crippen LogP contribution >= 0.6 is 0 Å². The minimum Gasteiger partial charge on any atom is -0.472 e. The van der Waals surface area contributed by atoms with Gasteiger partial charge in [0.1, 0.15) is 82.3 Å². The lowest BCUT2D eigenvalue weighted by atomic mass is 9.94. The number of hydrogen-bond donors (Lipinski definition) is 2. The first-order chi connectivity index (χ1) is 51.5. The van der Waals surface area contributed by atoms with Crippen LogP contribution in [-0.4, -0.2) is 134 Å². The Morgan fingerprint density at radius 1 is 0.361 bits per heavy atom. The molecule has 0 fully saturated rings. The van der Waals surface area contributed by atoms with E-state index < -0.39 is 121 Å². The number of alkyl halides is 8. The number of ether oxygens (including phenoxy) is 10. The first-order valence-corrected chi connectivity index (χ1v) is 32.6. The Labute approximate surface area is 602 Å². The normalized spacial score (nSPS) is 16.1. The van der Waals surface area contributed by atoms with Crippen LogP contribution in [-0.2, 0) is 54.1 Å². The topological polar surface area (TPSA) is 264 Å². The van der Waals surface area contributed by atoms with Crippen LogP contribution in [0.5, 0.6) is 23.5 Å². The number of amides is 2. The van der Waals surface area contributed by atoms with E-state index in [2.05, 4.69) is 38.9 Å². The largest absolute Gasteiger partial charge is 0.472 e. The smallest absolute Gasteiger partial charge is 0.357 e. The average molecular weight is 1540 g/mol. The lowest BCUT2D eigenvalue weighted by molar-refractivity contribution is -0.146. The van der Waals surface area contributed by atoms with E-state index in [0.717, 1.165) is 48.5 Å². The number of esters is 2. The van der Waals surface area contributed by atoms with E-state index in [0.29, 0.717) is 84.7 Å². The number of primary amides is 2. The van der Waals surface area contributed by atoms with Crippen LogP contribution in [0.15, 0.2) is 97.1 Å². The van der Waals surface area contributed by atoms with Gasteiger partial charge < -0.3 is 58.8 Å². The van der Waals surface area contributed by atoms with Crippen molar-refractivity contribution in [3.05, 3.63) is 189 Å². The maximum Gasteiger partial charge on any atom is 0.357 e. The molecule has 108 heavy (non-hydrogen) atoms. The van der Waals surface area contributed by atoms with Gasteiger partial charge in [0.15, 0.2) is 11.4 Å². The molecule has 4 N–H and O–H groups in total. The van der Waals surface area contributed by atoms with Crippen molar-refractivity contribution in [2.24, 2.45) is 11.5 Å². The Kier molecular flexibility index (Phi) is 28.0. The minimum absolute atomic E-state index is 0.00542. The Morgan fingerprint density at radius 2 is 0.583 bits per heavy atom. The molecule has 0 unspecified atom stereocenters. The molecular weight excluding hydrogens is 1480 g/mol. The van der Waals surface area contributed by atoms with Gasteiger partial charge in [0, 0.05) is 68.8 Å². The standard InChI is InChI=1S/2C19H17F4NO4.2C17H14F4N2O3/c2*1-2-26-18(25)16-8-14(12-5-3-10(20)7-15(12)21)13-6-4-11(9-27-19(22)23)28-17(13)24-16;2*18-8-1-3-10(13(19)5-8)12-6-14(15(22)24)23-16-11(12)4-2-9(26-16)7-25-17(20)21/h2*3,5,7-8,11,19H,2,4,6,9H2,1H3;2*1,3,5-6,9,17H,2,4,7H2,(H2,22,24)/t2*11-;2*9-/m1010/s1. The molecular formula is C72H62F16N6O14. The molecule has 2 amide bonds. The molecule has 4 aromatic heterocycles. The number of hydrogen-bond acceptors (Lipinski definition) is 18. The summed E-state index contributed by atoms with van der Waals surface area (Å²) >= 11 is 0. The van der Waals surface area contributed by atoms with Crippen LogP contribution in [0.2, 0.25) is 0 Å². The Bertz CT molecular complexity index is 4290. The number of halogens is 16. The molecule has 0 spiro atoms. The number of benzene rings is 4. The molecule has 8 heterocycles. The Hall–Kier alpha value is -10.7. The summed E-state index contributed by atoms with van der Waals surface area (Å²) in [4.78, 5) is 63.5. The first kappa shape index (κ1) is 81.4. The summed E-state index contributed by atoms with van der Waals surface area (Å²) in [6.45, 7) is -9.75. The SMILES string of the molecule is CCOC(=O)c1cc(-c2ccc(F)cc2F)c2c(n1)O[C@@H](COC(F)F)CC2.CCOC(=O)c1cc(-c2ccc(F)cc2F)c2c(n1)O[C@H](COC(F)F)CC2.NC(=O)c1cc(-c2ccc(F)cc2F)c2c(n1)O[C@@H](COC(F)F)CC2.NC(=O)c1cc(-c2ccc(F)cc2F)c2c(n1)O[C@H](COC(F)F)CC2. The van der Waals surface area contributed by atoms with E-state index in [-0.39, 0.29) is 119 Å². The number of nitrogens with two attached hydrogens (primary N) is 2. The van der Waals surface area contributed by atoms with Crippen LogP contribution < -0.4 is 30.4 Å². The molecule has 0 saturated heterocycles. The molecule has 20 nitrogen and oxygen atoms in total. The molecule has 36 heteroatoms. The van der Waals surface area contributed by atoms with Crippen molar-refractivity contribution in [1.29, 1.82) is 0 Å². The van der Waals surface area contributed by atoms with Gasteiger partial charge in [0.05, 0.1) is 39.6 Å². The van der Waals surface area contributed by atoms with Gasteiger partial charge in [-0.25, -0.2) is 64.6 Å². The van der Waals surface area contributed by atoms with Gasteiger partial charge in [-0.05, 0) is 160 Å². The molecule has 576 valence electrons. The number of pyridine rings is 4.